The molecule has 146 valence electrons. The van der Waals surface area contributed by atoms with Crippen molar-refractivity contribution in [1.29, 1.82) is 0 Å². The monoisotopic (exact) mass is 379 g/mol. The Morgan fingerprint density at radius 1 is 1.26 bits per heavy atom. The van der Waals surface area contributed by atoms with Crippen LogP contribution in [0.5, 0.6) is 5.88 Å². The topological polar surface area (TPSA) is 54.9 Å². The molecular formula is C19H23F2N3O3. The van der Waals surface area contributed by atoms with Crippen LogP contribution in [0.3, 0.4) is 0 Å². The van der Waals surface area contributed by atoms with Crippen LogP contribution < -0.4 is 9.64 Å². The number of amides is 1. The van der Waals surface area contributed by atoms with E-state index >= 15 is 0 Å². The maximum atomic E-state index is 13.3. The second kappa shape index (κ2) is 6.29. The van der Waals surface area contributed by atoms with Crippen LogP contribution >= 0.6 is 0 Å². The Bertz CT molecular complexity index is 736. The fourth-order valence-corrected chi connectivity index (χ4v) is 4.07. The summed E-state index contributed by atoms with van der Waals surface area (Å²) in [5.74, 6) is -1.62. The smallest absolute Gasteiger partial charge is 0.282 e. The molecule has 1 aliphatic carbocycles. The van der Waals surface area contributed by atoms with E-state index in [2.05, 4.69) is 4.98 Å². The van der Waals surface area contributed by atoms with Gasteiger partial charge in [0.05, 0.1) is 25.8 Å². The zero-order chi connectivity index (χ0) is 18.6. The molecule has 0 radical (unpaired) electrons. The van der Waals surface area contributed by atoms with Gasteiger partial charge in [-0.1, -0.05) is 0 Å². The van der Waals surface area contributed by atoms with Crippen molar-refractivity contribution in [2.45, 2.75) is 31.3 Å². The summed E-state index contributed by atoms with van der Waals surface area (Å²) in [7, 11) is 0. The van der Waals surface area contributed by atoms with Crippen LogP contribution in [0.2, 0.25) is 0 Å². The quantitative estimate of drug-likeness (QED) is 0.785. The number of rotatable bonds is 5. The van der Waals surface area contributed by atoms with Crippen molar-refractivity contribution in [3.63, 3.8) is 0 Å². The number of pyridine rings is 1. The lowest BCUT2D eigenvalue weighted by Crippen LogP contribution is -2.56. The molecule has 2 unspecified atom stereocenters. The molecular weight excluding hydrogens is 356 g/mol. The third-order valence-electron chi connectivity index (χ3n) is 5.89. The SMILES string of the molecule is O=C(c1ccc(N2CC(F)(F)C2)c(OCC2CC2)n1)N1CC2CCOC2C1. The van der Waals surface area contributed by atoms with Crippen molar-refractivity contribution >= 4 is 11.6 Å². The van der Waals surface area contributed by atoms with Gasteiger partial charge < -0.3 is 19.3 Å². The molecule has 4 fully saturated rings. The zero-order valence-corrected chi connectivity index (χ0v) is 15.1. The largest absolute Gasteiger partial charge is 0.476 e. The molecule has 1 aromatic rings. The van der Waals surface area contributed by atoms with E-state index in [-0.39, 0.29) is 25.1 Å². The lowest BCUT2D eigenvalue weighted by atomic mass is 10.1. The van der Waals surface area contributed by atoms with Crippen LogP contribution in [-0.4, -0.2) is 67.2 Å². The number of hydrogen-bond donors (Lipinski definition) is 0. The molecule has 3 saturated heterocycles. The maximum absolute atomic E-state index is 13.3. The van der Waals surface area contributed by atoms with Gasteiger partial charge in [0.2, 0.25) is 5.88 Å². The van der Waals surface area contributed by atoms with E-state index in [1.807, 2.05) is 0 Å². The van der Waals surface area contributed by atoms with Gasteiger partial charge in [-0.05, 0) is 37.3 Å². The normalized spacial score (nSPS) is 28.8. The van der Waals surface area contributed by atoms with Gasteiger partial charge in [0.15, 0.2) is 0 Å². The number of anilines is 1. The molecule has 6 nitrogen and oxygen atoms in total. The van der Waals surface area contributed by atoms with E-state index in [0.29, 0.717) is 48.8 Å². The van der Waals surface area contributed by atoms with Crippen molar-refractivity contribution in [3.8, 4) is 5.88 Å². The highest BCUT2D eigenvalue weighted by atomic mass is 19.3. The Kier molecular flexibility index (Phi) is 4.00. The second-order valence-corrected chi connectivity index (χ2v) is 8.16. The van der Waals surface area contributed by atoms with Crippen molar-refractivity contribution in [3.05, 3.63) is 17.8 Å². The predicted octanol–water partition coefficient (Wildman–Crippen LogP) is 2.19. The highest BCUT2D eigenvalue weighted by molar-refractivity contribution is 5.93. The van der Waals surface area contributed by atoms with E-state index in [0.717, 1.165) is 25.9 Å². The average Bonchev–Trinajstić information content (AvgIpc) is 3.20. The summed E-state index contributed by atoms with van der Waals surface area (Å²) < 4.78 is 38.0. The Morgan fingerprint density at radius 2 is 2.07 bits per heavy atom. The van der Waals surface area contributed by atoms with Crippen LogP contribution in [0.4, 0.5) is 14.5 Å². The van der Waals surface area contributed by atoms with Crippen LogP contribution in [-0.2, 0) is 4.74 Å². The summed E-state index contributed by atoms with van der Waals surface area (Å²) in [5, 5.41) is 0. The molecule has 27 heavy (non-hydrogen) atoms. The molecule has 1 saturated carbocycles. The predicted molar refractivity (Wildman–Crippen MR) is 93.4 cm³/mol. The van der Waals surface area contributed by atoms with Crippen LogP contribution in [0.15, 0.2) is 12.1 Å². The first-order chi connectivity index (χ1) is 13.0. The molecule has 3 aliphatic heterocycles. The lowest BCUT2D eigenvalue weighted by Gasteiger charge is -2.40. The summed E-state index contributed by atoms with van der Waals surface area (Å²) in [4.78, 5) is 20.6. The van der Waals surface area contributed by atoms with E-state index in [1.54, 1.807) is 21.9 Å². The Morgan fingerprint density at radius 3 is 2.78 bits per heavy atom. The summed E-state index contributed by atoms with van der Waals surface area (Å²) in [6.45, 7) is 1.88. The van der Waals surface area contributed by atoms with Crippen molar-refractivity contribution in [2.75, 3.05) is 44.3 Å². The molecule has 5 rings (SSSR count). The number of nitrogens with zero attached hydrogens (tertiary/aromatic N) is 3. The van der Waals surface area contributed by atoms with Crippen LogP contribution in [0.1, 0.15) is 29.8 Å². The Labute approximate surface area is 156 Å². The van der Waals surface area contributed by atoms with Gasteiger partial charge in [-0.2, -0.15) is 0 Å². The minimum absolute atomic E-state index is 0.127. The number of aromatic nitrogens is 1. The first-order valence-corrected chi connectivity index (χ1v) is 9.66. The summed E-state index contributed by atoms with van der Waals surface area (Å²) in [6.07, 6.45) is 3.35. The Hall–Kier alpha value is -1.96. The second-order valence-electron chi connectivity index (χ2n) is 8.16. The minimum Gasteiger partial charge on any atom is -0.476 e. The molecule has 4 heterocycles. The standard InChI is InChI=1S/C19H23F2N3O3/c20-19(21)10-24(11-19)15-4-3-14(22-17(15)27-9-12-1-2-12)18(25)23-7-13-5-6-26-16(13)8-23/h3-4,12-13,16H,1-2,5-11H2. The highest BCUT2D eigenvalue weighted by Gasteiger charge is 2.45. The molecule has 8 heteroatoms. The van der Waals surface area contributed by atoms with Gasteiger partial charge in [-0.25, -0.2) is 13.8 Å². The van der Waals surface area contributed by atoms with Gasteiger partial charge in [0.25, 0.3) is 11.8 Å². The molecule has 0 bridgehead atoms. The molecule has 1 amide bonds. The van der Waals surface area contributed by atoms with Gasteiger partial charge in [0.1, 0.15) is 11.4 Å². The first-order valence-electron chi connectivity index (χ1n) is 9.66. The van der Waals surface area contributed by atoms with Crippen molar-refractivity contribution < 1.29 is 23.0 Å². The van der Waals surface area contributed by atoms with E-state index in [1.165, 1.54) is 0 Å². The maximum Gasteiger partial charge on any atom is 0.282 e. The third kappa shape index (κ3) is 3.35. The summed E-state index contributed by atoms with van der Waals surface area (Å²) >= 11 is 0. The number of fused-ring (bicyclic) bond motifs is 1. The molecule has 4 aliphatic rings. The fraction of sp³-hybridized carbons (Fsp3) is 0.684. The van der Waals surface area contributed by atoms with E-state index in [4.69, 9.17) is 9.47 Å². The highest BCUT2D eigenvalue weighted by Crippen LogP contribution is 2.38. The van der Waals surface area contributed by atoms with Crippen LogP contribution in [0, 0.1) is 11.8 Å². The number of hydrogen-bond acceptors (Lipinski definition) is 5. The van der Waals surface area contributed by atoms with Gasteiger partial charge in [-0.15, -0.1) is 0 Å². The molecule has 2 atom stereocenters. The first kappa shape index (κ1) is 17.2. The van der Waals surface area contributed by atoms with Gasteiger partial charge in [0, 0.05) is 25.6 Å². The summed E-state index contributed by atoms with van der Waals surface area (Å²) in [5.41, 5.74) is 0.844. The number of carbonyl (C=O) groups is 1. The number of carbonyl (C=O) groups excluding carboxylic acids is 1. The molecule has 0 aromatic carbocycles. The van der Waals surface area contributed by atoms with Gasteiger partial charge >= 0.3 is 0 Å². The average molecular weight is 379 g/mol. The number of halogens is 2. The number of alkyl halides is 2. The van der Waals surface area contributed by atoms with E-state index < -0.39 is 5.92 Å². The van der Waals surface area contributed by atoms with Crippen molar-refractivity contribution in [2.24, 2.45) is 11.8 Å². The van der Waals surface area contributed by atoms with Crippen LogP contribution in [0.25, 0.3) is 0 Å². The zero-order valence-electron chi connectivity index (χ0n) is 15.1. The van der Waals surface area contributed by atoms with Crippen molar-refractivity contribution in [1.82, 2.24) is 9.88 Å². The fourth-order valence-electron chi connectivity index (χ4n) is 4.07. The number of likely N-dealkylation sites (tertiary alicyclic amines) is 1. The number of ether oxygens (including phenoxy) is 2. The Balaban J connectivity index is 1.34. The molecule has 0 spiro atoms. The third-order valence-corrected chi connectivity index (χ3v) is 5.89. The summed E-state index contributed by atoms with van der Waals surface area (Å²) in [6, 6.07) is 3.30. The lowest BCUT2D eigenvalue weighted by molar-refractivity contribution is -0.0265. The van der Waals surface area contributed by atoms with E-state index in [9.17, 15) is 13.6 Å². The van der Waals surface area contributed by atoms with Gasteiger partial charge in [-0.3, -0.25) is 4.79 Å². The molecule has 1 aromatic heterocycles. The molecule has 0 N–H and O–H groups in total. The minimum atomic E-state index is -2.67.